The number of hydrogen-bond acceptors (Lipinski definition) is 5. The van der Waals surface area contributed by atoms with Crippen LogP contribution in [0.15, 0.2) is 45.6 Å². The molecule has 3 heterocycles. The van der Waals surface area contributed by atoms with Crippen molar-refractivity contribution in [1.29, 1.82) is 0 Å². The van der Waals surface area contributed by atoms with E-state index in [1.165, 1.54) is 6.26 Å². The third-order valence-corrected chi connectivity index (χ3v) is 4.19. The minimum Gasteiger partial charge on any atom is -0.467 e. The number of rotatable bonds is 7. The summed E-state index contributed by atoms with van der Waals surface area (Å²) in [5.41, 5.74) is 0. The number of likely N-dealkylation sites (tertiary alicyclic amines) is 1. The summed E-state index contributed by atoms with van der Waals surface area (Å²) in [5, 5.41) is 2.81. The van der Waals surface area contributed by atoms with Crippen LogP contribution >= 0.6 is 0 Å². The fourth-order valence-electron chi connectivity index (χ4n) is 2.92. The van der Waals surface area contributed by atoms with Crippen LogP contribution in [0.5, 0.6) is 0 Å². The molecule has 0 saturated carbocycles. The Labute approximate surface area is 145 Å². The minimum atomic E-state index is -0.413. The van der Waals surface area contributed by atoms with E-state index in [0.717, 1.165) is 0 Å². The molecule has 3 rings (SSSR count). The average Bonchev–Trinajstić information content (AvgIpc) is 3.30. The first-order valence-corrected chi connectivity index (χ1v) is 8.20. The van der Waals surface area contributed by atoms with Crippen LogP contribution in [0.2, 0.25) is 0 Å². The van der Waals surface area contributed by atoms with Crippen LogP contribution in [0.1, 0.15) is 36.1 Å². The summed E-state index contributed by atoms with van der Waals surface area (Å²) in [7, 11) is 0. The van der Waals surface area contributed by atoms with Gasteiger partial charge in [-0.15, -0.1) is 0 Å². The monoisotopic (exact) mass is 344 g/mol. The molecule has 2 amide bonds. The van der Waals surface area contributed by atoms with Gasteiger partial charge in [-0.1, -0.05) is 0 Å². The fourth-order valence-corrected chi connectivity index (χ4v) is 2.92. The Balaban J connectivity index is 1.49. The lowest BCUT2D eigenvalue weighted by Crippen LogP contribution is -2.39. The number of furan rings is 2. The van der Waals surface area contributed by atoms with Crippen molar-refractivity contribution < 1.29 is 23.2 Å². The average molecular weight is 344 g/mol. The molecule has 2 atom stereocenters. The molecule has 7 heteroatoms. The van der Waals surface area contributed by atoms with Crippen LogP contribution in [0.25, 0.3) is 0 Å². The summed E-state index contributed by atoms with van der Waals surface area (Å²) in [5.74, 6) is 0.0999. The smallest absolute Gasteiger partial charge is 0.225 e. The Bertz CT molecular complexity index is 736. The summed E-state index contributed by atoms with van der Waals surface area (Å²) in [6.07, 6.45) is 3.31. The van der Waals surface area contributed by atoms with E-state index in [2.05, 4.69) is 5.32 Å². The number of carbonyl (C=O) groups is 3. The van der Waals surface area contributed by atoms with Crippen LogP contribution in [-0.2, 0) is 16.1 Å². The van der Waals surface area contributed by atoms with Gasteiger partial charge in [0.05, 0.1) is 25.0 Å². The van der Waals surface area contributed by atoms with E-state index in [-0.39, 0.29) is 42.2 Å². The molecule has 0 radical (unpaired) electrons. The predicted molar refractivity (Wildman–Crippen MR) is 87.5 cm³/mol. The summed E-state index contributed by atoms with van der Waals surface area (Å²) < 4.78 is 10.3. The highest BCUT2D eigenvalue weighted by molar-refractivity contribution is 5.94. The van der Waals surface area contributed by atoms with Crippen molar-refractivity contribution in [2.45, 2.75) is 32.4 Å². The first kappa shape index (κ1) is 17.0. The first-order valence-electron chi connectivity index (χ1n) is 8.20. The van der Waals surface area contributed by atoms with Crippen LogP contribution in [0.4, 0.5) is 0 Å². The summed E-state index contributed by atoms with van der Waals surface area (Å²) >= 11 is 0. The molecule has 0 aromatic carbocycles. The van der Waals surface area contributed by atoms with Gasteiger partial charge in [-0.05, 0) is 31.2 Å². The Morgan fingerprint density at radius 1 is 1.28 bits per heavy atom. The maximum atomic E-state index is 12.4. The maximum Gasteiger partial charge on any atom is 0.225 e. The van der Waals surface area contributed by atoms with Gasteiger partial charge >= 0.3 is 0 Å². The van der Waals surface area contributed by atoms with E-state index in [0.29, 0.717) is 18.8 Å². The molecule has 1 saturated heterocycles. The lowest BCUT2D eigenvalue weighted by Gasteiger charge is -2.17. The number of amides is 2. The topological polar surface area (TPSA) is 92.8 Å². The predicted octanol–water partition coefficient (Wildman–Crippen LogP) is 2.00. The second-order valence-corrected chi connectivity index (χ2v) is 6.27. The van der Waals surface area contributed by atoms with E-state index in [1.807, 2.05) is 0 Å². The Hall–Kier alpha value is -2.83. The van der Waals surface area contributed by atoms with Crippen molar-refractivity contribution in [2.75, 3.05) is 6.54 Å². The van der Waals surface area contributed by atoms with Gasteiger partial charge < -0.3 is 19.1 Å². The molecule has 1 aliphatic heterocycles. The third-order valence-electron chi connectivity index (χ3n) is 4.19. The van der Waals surface area contributed by atoms with Gasteiger partial charge in [0.25, 0.3) is 0 Å². The van der Waals surface area contributed by atoms with E-state index in [4.69, 9.17) is 8.83 Å². The maximum absolute atomic E-state index is 12.4. The van der Waals surface area contributed by atoms with Crippen molar-refractivity contribution in [2.24, 2.45) is 5.92 Å². The molecule has 2 aromatic rings. The zero-order valence-electron chi connectivity index (χ0n) is 13.9. The van der Waals surface area contributed by atoms with Crippen molar-refractivity contribution in [3.63, 3.8) is 0 Å². The zero-order valence-corrected chi connectivity index (χ0v) is 13.9. The number of nitrogens with one attached hydrogen (secondary N) is 1. The summed E-state index contributed by atoms with van der Waals surface area (Å²) in [4.78, 5) is 38.0. The molecule has 1 aliphatic rings. The second kappa shape index (κ2) is 7.38. The molecular formula is C18H20N2O5. The standard InChI is InChI=1S/C18H20N2O5/c1-12(8-15(21)16-5-3-7-25-16)19-18(23)13-9-17(22)20(10-13)11-14-4-2-6-24-14/h2-7,12-13H,8-11H2,1H3,(H,19,23). The van der Waals surface area contributed by atoms with E-state index in [9.17, 15) is 14.4 Å². The van der Waals surface area contributed by atoms with Crippen molar-refractivity contribution >= 4 is 17.6 Å². The SMILES string of the molecule is CC(CC(=O)c1ccco1)NC(=O)C1CC(=O)N(Cc2ccco2)C1. The molecule has 25 heavy (non-hydrogen) atoms. The Morgan fingerprint density at radius 2 is 2.04 bits per heavy atom. The third kappa shape index (κ3) is 4.17. The molecule has 1 fully saturated rings. The number of hydrogen-bond donors (Lipinski definition) is 1. The molecule has 2 aromatic heterocycles. The minimum absolute atomic E-state index is 0.0733. The largest absolute Gasteiger partial charge is 0.467 e. The lowest BCUT2D eigenvalue weighted by atomic mass is 10.1. The highest BCUT2D eigenvalue weighted by atomic mass is 16.3. The quantitative estimate of drug-likeness (QED) is 0.776. The van der Waals surface area contributed by atoms with Gasteiger partial charge in [0.15, 0.2) is 11.5 Å². The van der Waals surface area contributed by atoms with Gasteiger partial charge in [0.2, 0.25) is 11.8 Å². The van der Waals surface area contributed by atoms with Gasteiger partial charge in [-0.3, -0.25) is 14.4 Å². The molecule has 1 N–H and O–H groups in total. The van der Waals surface area contributed by atoms with Crippen LogP contribution in [0, 0.1) is 5.92 Å². The molecular weight excluding hydrogens is 324 g/mol. The second-order valence-electron chi connectivity index (χ2n) is 6.27. The van der Waals surface area contributed by atoms with Gasteiger partial charge in [0, 0.05) is 25.4 Å². The molecule has 7 nitrogen and oxygen atoms in total. The van der Waals surface area contributed by atoms with Gasteiger partial charge in [-0.2, -0.15) is 0 Å². The van der Waals surface area contributed by atoms with Crippen molar-refractivity contribution in [3.8, 4) is 0 Å². The summed E-state index contributed by atoms with van der Waals surface area (Å²) in [6, 6.07) is 6.47. The Kier molecular flexibility index (Phi) is 5.02. The first-order chi connectivity index (χ1) is 12.0. The number of nitrogens with zero attached hydrogens (tertiary/aromatic N) is 1. The normalized spacial score (nSPS) is 18.4. The van der Waals surface area contributed by atoms with Crippen molar-refractivity contribution in [3.05, 3.63) is 48.3 Å². The highest BCUT2D eigenvalue weighted by Crippen LogP contribution is 2.21. The molecule has 0 spiro atoms. The Morgan fingerprint density at radius 3 is 2.72 bits per heavy atom. The summed E-state index contributed by atoms with van der Waals surface area (Å²) in [6.45, 7) is 2.47. The fraction of sp³-hybridized carbons (Fsp3) is 0.389. The molecule has 0 aliphatic carbocycles. The van der Waals surface area contributed by atoms with E-state index >= 15 is 0 Å². The number of carbonyl (C=O) groups excluding carboxylic acids is 3. The number of Topliss-reactive ketones (excluding diaryl/α,β-unsaturated/α-hetero) is 1. The van der Waals surface area contributed by atoms with Crippen LogP contribution < -0.4 is 5.32 Å². The molecule has 2 unspecified atom stereocenters. The lowest BCUT2D eigenvalue weighted by molar-refractivity contribution is -0.129. The zero-order chi connectivity index (χ0) is 17.8. The number of ketones is 1. The highest BCUT2D eigenvalue weighted by Gasteiger charge is 2.35. The molecule has 132 valence electrons. The van der Waals surface area contributed by atoms with Gasteiger partial charge in [0.1, 0.15) is 5.76 Å². The van der Waals surface area contributed by atoms with Gasteiger partial charge in [-0.25, -0.2) is 0 Å². The van der Waals surface area contributed by atoms with E-state index < -0.39 is 5.92 Å². The van der Waals surface area contributed by atoms with Crippen LogP contribution in [-0.4, -0.2) is 35.1 Å². The molecule has 0 bridgehead atoms. The van der Waals surface area contributed by atoms with Crippen molar-refractivity contribution in [1.82, 2.24) is 10.2 Å². The van der Waals surface area contributed by atoms with E-state index in [1.54, 1.807) is 42.4 Å². The van der Waals surface area contributed by atoms with Crippen LogP contribution in [0.3, 0.4) is 0 Å².